The third kappa shape index (κ3) is 3.24. The van der Waals surface area contributed by atoms with Crippen molar-refractivity contribution in [1.29, 1.82) is 0 Å². The van der Waals surface area contributed by atoms with E-state index in [1.165, 1.54) is 0 Å². The van der Waals surface area contributed by atoms with Crippen LogP contribution in [0.2, 0.25) is 0 Å². The van der Waals surface area contributed by atoms with Gasteiger partial charge >= 0.3 is 11.9 Å². The first kappa shape index (κ1) is 16.0. The summed E-state index contributed by atoms with van der Waals surface area (Å²) in [6.45, 7) is 3.40. The molecule has 0 amide bonds. The van der Waals surface area contributed by atoms with E-state index in [9.17, 15) is 9.59 Å². The van der Waals surface area contributed by atoms with Crippen LogP contribution in [-0.4, -0.2) is 37.7 Å². The first-order valence-corrected chi connectivity index (χ1v) is 8.31. The summed E-state index contributed by atoms with van der Waals surface area (Å²) in [5.74, 6) is -0.421. The minimum Gasteiger partial charge on any atom is -0.386 e. The molecule has 0 spiro atoms. The average Bonchev–Trinajstić information content (AvgIpc) is 2.56. The fourth-order valence-corrected chi connectivity index (χ4v) is 3.36. The normalized spacial score (nSPS) is 13.4. The van der Waals surface area contributed by atoms with Crippen molar-refractivity contribution in [2.24, 2.45) is 0 Å². The number of thioether (sulfide) groups is 1. The lowest BCUT2D eigenvalue weighted by atomic mass is 9.97. The van der Waals surface area contributed by atoms with Crippen LogP contribution in [0.4, 0.5) is 0 Å². The summed E-state index contributed by atoms with van der Waals surface area (Å²) in [7, 11) is 0. The molecule has 0 saturated carbocycles. The van der Waals surface area contributed by atoms with Crippen molar-refractivity contribution in [3.8, 4) is 0 Å². The van der Waals surface area contributed by atoms with E-state index in [2.05, 4.69) is 0 Å². The van der Waals surface area contributed by atoms with E-state index in [-0.39, 0.29) is 0 Å². The molecule has 0 fully saturated rings. The molecule has 0 N–H and O–H groups in total. The van der Waals surface area contributed by atoms with E-state index in [0.717, 1.165) is 16.0 Å². The van der Waals surface area contributed by atoms with Crippen LogP contribution in [-0.2, 0) is 14.2 Å². The number of hydrogen-bond acceptors (Lipinski definition) is 6. The molecule has 0 bridgehead atoms. The maximum Gasteiger partial charge on any atom is 0.346 e. The van der Waals surface area contributed by atoms with E-state index in [1.807, 2.05) is 19.1 Å². The molecule has 2 aromatic carbocycles. The van der Waals surface area contributed by atoms with Gasteiger partial charge in [0.05, 0.1) is 17.7 Å². The largest absolute Gasteiger partial charge is 0.386 e. The van der Waals surface area contributed by atoms with Crippen molar-refractivity contribution in [2.45, 2.75) is 11.8 Å². The van der Waals surface area contributed by atoms with Gasteiger partial charge in [0.1, 0.15) is 6.79 Å². The number of esters is 2. The van der Waals surface area contributed by atoms with E-state index >= 15 is 0 Å². The van der Waals surface area contributed by atoms with Gasteiger partial charge < -0.3 is 14.2 Å². The smallest absolute Gasteiger partial charge is 0.346 e. The van der Waals surface area contributed by atoms with E-state index in [1.54, 1.807) is 30.0 Å². The molecule has 5 nitrogen and oxygen atoms in total. The van der Waals surface area contributed by atoms with Gasteiger partial charge in [0.25, 0.3) is 0 Å². The molecule has 1 aliphatic rings. The van der Waals surface area contributed by atoms with Crippen LogP contribution in [0.3, 0.4) is 0 Å². The van der Waals surface area contributed by atoms with Crippen molar-refractivity contribution >= 4 is 34.5 Å². The maximum absolute atomic E-state index is 11.9. The molecule has 1 aliphatic heterocycles. The number of cyclic esters (lactones) is 2. The number of hydrogen-bond donors (Lipinski definition) is 0. The predicted octanol–water partition coefficient (Wildman–Crippen LogP) is 3.25. The molecule has 1 heterocycles. The van der Waals surface area contributed by atoms with Crippen LogP contribution in [0.5, 0.6) is 0 Å². The number of carbonyl (C=O) groups excluding carboxylic acids is 2. The second kappa shape index (κ2) is 7.12. The Hall–Kier alpha value is -1.89. The summed E-state index contributed by atoms with van der Waals surface area (Å²) in [4.78, 5) is 24.7. The SMILES string of the molecule is CCOCOCCSc1ccc2c3c(cccc13)C(=O)OC2=O. The maximum atomic E-state index is 11.9. The van der Waals surface area contributed by atoms with Gasteiger partial charge in [0.15, 0.2) is 0 Å². The second-order valence-electron chi connectivity index (χ2n) is 4.88. The minimum atomic E-state index is -0.588. The fourth-order valence-electron chi connectivity index (χ4n) is 2.45. The summed E-state index contributed by atoms with van der Waals surface area (Å²) in [5, 5.41) is 1.56. The molecule has 0 aliphatic carbocycles. The van der Waals surface area contributed by atoms with Crippen LogP contribution in [0, 0.1) is 0 Å². The third-order valence-corrected chi connectivity index (χ3v) is 4.52. The molecule has 0 saturated heterocycles. The number of carbonyl (C=O) groups is 2. The third-order valence-electron chi connectivity index (χ3n) is 3.48. The Balaban J connectivity index is 1.82. The van der Waals surface area contributed by atoms with Crippen LogP contribution in [0.25, 0.3) is 10.8 Å². The van der Waals surface area contributed by atoms with Crippen LogP contribution in [0.15, 0.2) is 35.2 Å². The van der Waals surface area contributed by atoms with Gasteiger partial charge in [-0.1, -0.05) is 12.1 Å². The number of ether oxygens (including phenoxy) is 3. The van der Waals surface area contributed by atoms with Crippen molar-refractivity contribution in [1.82, 2.24) is 0 Å². The van der Waals surface area contributed by atoms with E-state index < -0.39 is 11.9 Å². The lowest BCUT2D eigenvalue weighted by Gasteiger charge is -2.17. The summed E-state index contributed by atoms with van der Waals surface area (Å²) < 4.78 is 15.2. The summed E-state index contributed by atoms with van der Waals surface area (Å²) in [6, 6.07) is 8.99. The first-order valence-electron chi connectivity index (χ1n) is 7.33. The Kier molecular flexibility index (Phi) is 4.95. The topological polar surface area (TPSA) is 61.8 Å². The van der Waals surface area contributed by atoms with Gasteiger partial charge in [0, 0.05) is 22.6 Å². The average molecular weight is 332 g/mol. The summed E-state index contributed by atoms with van der Waals surface area (Å²) in [5.41, 5.74) is 0.874. The summed E-state index contributed by atoms with van der Waals surface area (Å²) in [6.07, 6.45) is 0. The monoisotopic (exact) mass is 332 g/mol. The highest BCUT2D eigenvalue weighted by Gasteiger charge is 2.27. The molecule has 0 atom stereocenters. The quantitative estimate of drug-likeness (QED) is 0.255. The van der Waals surface area contributed by atoms with Crippen molar-refractivity contribution in [3.63, 3.8) is 0 Å². The Morgan fingerprint density at radius 2 is 1.83 bits per heavy atom. The van der Waals surface area contributed by atoms with Crippen molar-refractivity contribution in [3.05, 3.63) is 41.5 Å². The van der Waals surface area contributed by atoms with Gasteiger partial charge in [0.2, 0.25) is 0 Å². The van der Waals surface area contributed by atoms with Gasteiger partial charge in [-0.2, -0.15) is 0 Å². The molecule has 6 heteroatoms. The highest BCUT2D eigenvalue weighted by Crippen LogP contribution is 2.35. The Labute approximate surface area is 137 Å². The molecular formula is C17H16O5S. The second-order valence-corrected chi connectivity index (χ2v) is 6.02. The zero-order valence-corrected chi connectivity index (χ0v) is 13.5. The molecule has 0 radical (unpaired) electrons. The lowest BCUT2D eigenvalue weighted by Crippen LogP contribution is -2.19. The van der Waals surface area contributed by atoms with Crippen LogP contribution in [0.1, 0.15) is 27.6 Å². The highest BCUT2D eigenvalue weighted by molar-refractivity contribution is 7.99. The molecule has 120 valence electrons. The molecule has 0 unspecified atom stereocenters. The molecule has 2 aromatic rings. The minimum absolute atomic E-state index is 0.293. The molecular weight excluding hydrogens is 316 g/mol. The van der Waals surface area contributed by atoms with E-state index in [4.69, 9.17) is 14.2 Å². The predicted molar refractivity (Wildman–Crippen MR) is 86.9 cm³/mol. The zero-order valence-electron chi connectivity index (χ0n) is 12.7. The fraction of sp³-hybridized carbons (Fsp3) is 0.294. The standard InChI is InChI=1S/C17H16O5S/c1-2-20-10-21-8-9-23-14-7-6-13-15-11(14)4-3-5-12(15)16(18)22-17(13)19/h3-7H,2,8-10H2,1H3. The molecule has 0 aromatic heterocycles. The van der Waals surface area contributed by atoms with Gasteiger partial charge in [-0.05, 0) is 30.5 Å². The van der Waals surface area contributed by atoms with Gasteiger partial charge in [-0.15, -0.1) is 11.8 Å². The van der Waals surface area contributed by atoms with Crippen LogP contribution < -0.4 is 0 Å². The Morgan fingerprint density at radius 1 is 1.04 bits per heavy atom. The highest BCUT2D eigenvalue weighted by atomic mass is 32.2. The zero-order chi connectivity index (χ0) is 16.2. The first-order chi connectivity index (χ1) is 11.2. The van der Waals surface area contributed by atoms with Gasteiger partial charge in [-0.25, -0.2) is 9.59 Å². The van der Waals surface area contributed by atoms with Crippen molar-refractivity contribution in [2.75, 3.05) is 25.8 Å². The Morgan fingerprint density at radius 3 is 2.61 bits per heavy atom. The summed E-state index contributed by atoms with van der Waals surface area (Å²) >= 11 is 1.62. The molecule has 3 rings (SSSR count). The van der Waals surface area contributed by atoms with Gasteiger partial charge in [-0.3, -0.25) is 0 Å². The van der Waals surface area contributed by atoms with E-state index in [0.29, 0.717) is 36.5 Å². The van der Waals surface area contributed by atoms with Crippen molar-refractivity contribution < 1.29 is 23.8 Å². The van der Waals surface area contributed by atoms with Crippen LogP contribution >= 0.6 is 11.8 Å². The number of benzene rings is 2. The lowest BCUT2D eigenvalue weighted by molar-refractivity contribution is -0.0435. The Bertz CT molecular complexity index is 736. The molecule has 23 heavy (non-hydrogen) atoms. The number of rotatable bonds is 7.